The summed E-state index contributed by atoms with van der Waals surface area (Å²) < 4.78 is 0. The lowest BCUT2D eigenvalue weighted by Gasteiger charge is -2.03. The molecule has 0 atom stereocenters. The number of hydrogen-bond acceptors (Lipinski definition) is 8. The number of tetrazole rings is 1. The van der Waals surface area contributed by atoms with Gasteiger partial charge >= 0.3 is 5.69 Å². The summed E-state index contributed by atoms with van der Waals surface area (Å²) in [4.78, 5) is 11.2. The number of phenolic OH excluding ortho intramolecular Hbond substituents is 1. The molecule has 10 nitrogen and oxygen atoms in total. The molecule has 0 unspecified atom stereocenters. The zero-order valence-corrected chi connectivity index (χ0v) is 13.2. The normalized spacial score (nSPS) is 10.9. The molecule has 3 aromatic rings. The molecule has 0 saturated heterocycles. The standard InChI is InChI=1S/C14H10ClN7O3/c15-10-6-9(13(23)12(7-10)22(24)25)8-16-21-14(18-19-20-21)17-11-4-2-1-3-5-11/h1-8,23H,(H,17,18,20). The van der Waals surface area contributed by atoms with Crippen LogP contribution in [0.4, 0.5) is 17.3 Å². The molecule has 3 rings (SSSR count). The van der Waals surface area contributed by atoms with E-state index in [0.717, 1.165) is 16.5 Å². The topological polar surface area (TPSA) is 131 Å². The Morgan fingerprint density at radius 2 is 2.08 bits per heavy atom. The number of hydrogen-bond donors (Lipinski definition) is 2. The molecule has 11 heteroatoms. The highest BCUT2D eigenvalue weighted by molar-refractivity contribution is 6.31. The van der Waals surface area contributed by atoms with Crippen molar-refractivity contribution < 1.29 is 10.0 Å². The van der Waals surface area contributed by atoms with Crippen LogP contribution in [0.15, 0.2) is 47.6 Å². The van der Waals surface area contributed by atoms with Gasteiger partial charge in [-0.2, -0.15) is 5.10 Å². The third-order valence-electron chi connectivity index (χ3n) is 3.07. The van der Waals surface area contributed by atoms with Crippen LogP contribution >= 0.6 is 11.6 Å². The molecular weight excluding hydrogens is 350 g/mol. The van der Waals surface area contributed by atoms with E-state index in [4.69, 9.17) is 11.6 Å². The van der Waals surface area contributed by atoms with Crippen molar-refractivity contribution in [3.05, 3.63) is 63.2 Å². The summed E-state index contributed by atoms with van der Waals surface area (Å²) in [5, 5.41) is 38.9. The molecule has 2 N–H and O–H groups in total. The van der Waals surface area contributed by atoms with Gasteiger partial charge in [0.2, 0.25) is 5.75 Å². The summed E-state index contributed by atoms with van der Waals surface area (Å²) in [7, 11) is 0. The summed E-state index contributed by atoms with van der Waals surface area (Å²) in [6, 6.07) is 11.5. The fourth-order valence-corrected chi connectivity index (χ4v) is 2.17. The summed E-state index contributed by atoms with van der Waals surface area (Å²) in [5.74, 6) is -0.331. The number of aromatic hydroxyl groups is 1. The molecule has 0 aliphatic rings. The Balaban J connectivity index is 1.89. The molecule has 25 heavy (non-hydrogen) atoms. The van der Waals surface area contributed by atoms with Crippen molar-refractivity contribution in [3.63, 3.8) is 0 Å². The van der Waals surface area contributed by atoms with Gasteiger partial charge in [0.1, 0.15) is 0 Å². The highest BCUT2D eigenvalue weighted by Gasteiger charge is 2.18. The Hall–Kier alpha value is -3.53. The number of rotatable bonds is 5. The maximum absolute atomic E-state index is 10.9. The highest BCUT2D eigenvalue weighted by atomic mass is 35.5. The Morgan fingerprint density at radius 3 is 2.80 bits per heavy atom. The second-order valence-electron chi connectivity index (χ2n) is 4.75. The van der Waals surface area contributed by atoms with Gasteiger partial charge in [0.05, 0.1) is 11.1 Å². The van der Waals surface area contributed by atoms with Gasteiger partial charge in [-0.15, -0.1) is 0 Å². The average molecular weight is 360 g/mol. The third-order valence-corrected chi connectivity index (χ3v) is 3.29. The van der Waals surface area contributed by atoms with E-state index in [1.54, 1.807) is 0 Å². The molecule has 0 aliphatic heterocycles. The molecule has 126 valence electrons. The summed E-state index contributed by atoms with van der Waals surface area (Å²) in [5.41, 5.74) is 0.281. The minimum Gasteiger partial charge on any atom is -0.502 e. The molecule has 0 radical (unpaired) electrons. The molecule has 0 amide bonds. The van der Waals surface area contributed by atoms with Crippen LogP contribution in [-0.2, 0) is 0 Å². The van der Waals surface area contributed by atoms with E-state index in [9.17, 15) is 15.2 Å². The van der Waals surface area contributed by atoms with Crippen molar-refractivity contribution in [2.24, 2.45) is 5.10 Å². The zero-order chi connectivity index (χ0) is 17.8. The molecule has 0 spiro atoms. The van der Waals surface area contributed by atoms with Gasteiger partial charge < -0.3 is 10.4 Å². The van der Waals surface area contributed by atoms with Crippen molar-refractivity contribution in [1.29, 1.82) is 0 Å². The highest BCUT2D eigenvalue weighted by Crippen LogP contribution is 2.32. The number of nitrogens with zero attached hydrogens (tertiary/aromatic N) is 6. The van der Waals surface area contributed by atoms with Gasteiger partial charge in [0, 0.05) is 22.3 Å². The Bertz CT molecular complexity index is 943. The van der Waals surface area contributed by atoms with Crippen molar-refractivity contribution in [2.75, 3.05) is 5.32 Å². The van der Waals surface area contributed by atoms with Crippen LogP contribution in [0.3, 0.4) is 0 Å². The Labute approximate surface area is 145 Å². The fourth-order valence-electron chi connectivity index (χ4n) is 1.95. The van der Waals surface area contributed by atoms with Gasteiger partial charge in [0.15, 0.2) is 0 Å². The van der Waals surface area contributed by atoms with E-state index in [0.29, 0.717) is 0 Å². The molecule has 0 aliphatic carbocycles. The Kier molecular flexibility index (Phi) is 4.53. The van der Waals surface area contributed by atoms with Gasteiger partial charge in [-0.1, -0.05) is 39.7 Å². The van der Waals surface area contributed by atoms with E-state index in [1.807, 2.05) is 30.3 Å². The van der Waals surface area contributed by atoms with Crippen molar-refractivity contribution in [1.82, 2.24) is 20.3 Å². The van der Waals surface area contributed by atoms with Gasteiger partial charge in [-0.3, -0.25) is 10.1 Å². The largest absolute Gasteiger partial charge is 0.502 e. The number of halogens is 1. The lowest BCUT2D eigenvalue weighted by atomic mass is 10.2. The van der Waals surface area contributed by atoms with Crippen LogP contribution in [0.25, 0.3) is 0 Å². The van der Waals surface area contributed by atoms with Gasteiger partial charge in [0.25, 0.3) is 5.95 Å². The number of benzene rings is 2. The van der Waals surface area contributed by atoms with Crippen molar-refractivity contribution in [2.45, 2.75) is 0 Å². The molecule has 0 bridgehead atoms. The minimum atomic E-state index is -0.738. The predicted molar refractivity (Wildman–Crippen MR) is 90.3 cm³/mol. The Morgan fingerprint density at radius 1 is 1.32 bits per heavy atom. The maximum Gasteiger partial charge on any atom is 0.312 e. The van der Waals surface area contributed by atoms with Crippen LogP contribution in [-0.4, -0.2) is 36.6 Å². The number of nitrogens with one attached hydrogen (secondary N) is 1. The molecule has 1 heterocycles. The van der Waals surface area contributed by atoms with E-state index in [1.165, 1.54) is 12.3 Å². The SMILES string of the molecule is O=[N+]([O-])c1cc(Cl)cc(C=Nn2nnnc2Nc2ccccc2)c1O. The minimum absolute atomic E-state index is 0.0559. The fraction of sp³-hybridized carbons (Fsp3) is 0. The molecule has 1 aromatic heterocycles. The van der Waals surface area contributed by atoms with Crippen LogP contribution in [0, 0.1) is 10.1 Å². The van der Waals surface area contributed by atoms with E-state index in [2.05, 4.69) is 25.9 Å². The quantitative estimate of drug-likeness (QED) is 0.406. The summed E-state index contributed by atoms with van der Waals surface area (Å²) in [6.45, 7) is 0. The first-order chi connectivity index (χ1) is 12.0. The number of anilines is 2. The lowest BCUT2D eigenvalue weighted by Crippen LogP contribution is -2.01. The molecule has 0 fully saturated rings. The van der Waals surface area contributed by atoms with Gasteiger partial charge in [-0.25, -0.2) is 0 Å². The number of phenols is 1. The summed E-state index contributed by atoms with van der Waals surface area (Å²) in [6.07, 6.45) is 1.17. The average Bonchev–Trinajstić information content (AvgIpc) is 3.03. The second kappa shape index (κ2) is 6.93. The van der Waals surface area contributed by atoms with Crippen molar-refractivity contribution >= 4 is 35.1 Å². The van der Waals surface area contributed by atoms with Gasteiger partial charge in [-0.05, 0) is 28.6 Å². The van der Waals surface area contributed by atoms with E-state index in [-0.39, 0.29) is 16.5 Å². The summed E-state index contributed by atoms with van der Waals surface area (Å²) >= 11 is 5.83. The molecular formula is C14H10ClN7O3. The molecule has 2 aromatic carbocycles. The second-order valence-corrected chi connectivity index (χ2v) is 5.18. The first-order valence-corrected chi connectivity index (χ1v) is 7.24. The first kappa shape index (κ1) is 16.3. The van der Waals surface area contributed by atoms with E-state index >= 15 is 0 Å². The first-order valence-electron chi connectivity index (χ1n) is 6.86. The third kappa shape index (κ3) is 3.70. The predicted octanol–water partition coefficient (Wildman–Crippen LogP) is 2.57. The zero-order valence-electron chi connectivity index (χ0n) is 12.4. The lowest BCUT2D eigenvalue weighted by molar-refractivity contribution is -0.385. The molecule has 0 saturated carbocycles. The smallest absolute Gasteiger partial charge is 0.312 e. The number of nitro benzene ring substituents is 1. The van der Waals surface area contributed by atoms with Crippen LogP contribution in [0.2, 0.25) is 5.02 Å². The van der Waals surface area contributed by atoms with Crippen LogP contribution < -0.4 is 5.32 Å². The number of para-hydroxylation sites is 1. The monoisotopic (exact) mass is 359 g/mol. The van der Waals surface area contributed by atoms with Crippen LogP contribution in [0.5, 0.6) is 5.75 Å². The number of aromatic nitrogens is 4. The van der Waals surface area contributed by atoms with Crippen molar-refractivity contribution in [3.8, 4) is 5.75 Å². The van der Waals surface area contributed by atoms with Crippen LogP contribution in [0.1, 0.15) is 5.56 Å². The van der Waals surface area contributed by atoms with E-state index < -0.39 is 16.4 Å². The maximum atomic E-state index is 10.9. The number of nitro groups is 1.